The average molecular weight is 308 g/mol. The van der Waals surface area contributed by atoms with E-state index in [0.29, 0.717) is 22.2 Å². The summed E-state index contributed by atoms with van der Waals surface area (Å²) >= 11 is 12.1. The van der Waals surface area contributed by atoms with E-state index in [1.807, 2.05) is 31.2 Å². The lowest BCUT2D eigenvalue weighted by atomic mass is 10.1. The van der Waals surface area contributed by atoms with Crippen LogP contribution < -0.4 is 5.32 Å². The summed E-state index contributed by atoms with van der Waals surface area (Å²) in [5, 5.41) is 3.90. The summed E-state index contributed by atoms with van der Waals surface area (Å²) in [4.78, 5) is 11.9. The van der Waals surface area contributed by atoms with E-state index in [9.17, 15) is 4.79 Å². The Morgan fingerprint density at radius 1 is 1.05 bits per heavy atom. The first-order valence-corrected chi connectivity index (χ1v) is 7.07. The van der Waals surface area contributed by atoms with E-state index in [1.165, 1.54) is 5.56 Å². The van der Waals surface area contributed by atoms with Crippen LogP contribution in [-0.2, 0) is 17.8 Å². The molecule has 4 heteroatoms. The van der Waals surface area contributed by atoms with Crippen LogP contribution in [-0.4, -0.2) is 5.91 Å². The zero-order valence-electron chi connectivity index (χ0n) is 11.1. The molecule has 104 valence electrons. The number of rotatable bonds is 4. The second-order valence-electron chi connectivity index (χ2n) is 4.64. The van der Waals surface area contributed by atoms with E-state index >= 15 is 0 Å². The first-order valence-electron chi connectivity index (χ1n) is 6.31. The van der Waals surface area contributed by atoms with Crippen LogP contribution in [0.15, 0.2) is 42.5 Å². The lowest BCUT2D eigenvalue weighted by Crippen LogP contribution is -2.24. The van der Waals surface area contributed by atoms with Crippen LogP contribution in [0.3, 0.4) is 0 Å². The highest BCUT2D eigenvalue weighted by molar-refractivity contribution is 6.36. The summed E-state index contributed by atoms with van der Waals surface area (Å²) in [6.45, 7) is 2.53. The lowest BCUT2D eigenvalue weighted by molar-refractivity contribution is -0.120. The number of hydrogen-bond donors (Lipinski definition) is 1. The van der Waals surface area contributed by atoms with Crippen LogP contribution in [0.1, 0.15) is 16.7 Å². The van der Waals surface area contributed by atoms with Gasteiger partial charge >= 0.3 is 0 Å². The monoisotopic (exact) mass is 307 g/mol. The quantitative estimate of drug-likeness (QED) is 0.903. The second kappa shape index (κ2) is 6.78. The minimum absolute atomic E-state index is 0.0967. The van der Waals surface area contributed by atoms with Crippen LogP contribution in [0.2, 0.25) is 10.0 Å². The van der Waals surface area contributed by atoms with Gasteiger partial charge in [0.25, 0.3) is 0 Å². The summed E-state index contributed by atoms with van der Waals surface area (Å²) in [5.74, 6) is -0.0967. The zero-order valence-corrected chi connectivity index (χ0v) is 12.6. The molecule has 0 bridgehead atoms. The van der Waals surface area contributed by atoms with Crippen LogP contribution in [0.4, 0.5) is 0 Å². The molecule has 0 aliphatic carbocycles. The van der Waals surface area contributed by atoms with Crippen molar-refractivity contribution >= 4 is 29.1 Å². The first kappa shape index (κ1) is 14.9. The number of halogens is 2. The van der Waals surface area contributed by atoms with Crippen LogP contribution in [0.5, 0.6) is 0 Å². The molecule has 0 aliphatic rings. The van der Waals surface area contributed by atoms with E-state index < -0.39 is 0 Å². The Bertz CT molecular complexity index is 588. The normalized spacial score (nSPS) is 10.3. The Morgan fingerprint density at radius 2 is 1.65 bits per heavy atom. The van der Waals surface area contributed by atoms with Gasteiger partial charge in [0.15, 0.2) is 0 Å². The molecule has 0 saturated heterocycles. The van der Waals surface area contributed by atoms with Gasteiger partial charge in [0, 0.05) is 16.6 Å². The van der Waals surface area contributed by atoms with E-state index in [0.717, 1.165) is 5.56 Å². The van der Waals surface area contributed by atoms with Gasteiger partial charge in [-0.1, -0.05) is 59.1 Å². The van der Waals surface area contributed by atoms with E-state index in [4.69, 9.17) is 23.2 Å². The molecule has 2 aromatic rings. The number of aryl methyl sites for hydroxylation is 1. The van der Waals surface area contributed by atoms with E-state index in [-0.39, 0.29) is 12.3 Å². The molecule has 0 heterocycles. The van der Waals surface area contributed by atoms with E-state index in [2.05, 4.69) is 5.32 Å². The minimum atomic E-state index is -0.0967. The molecule has 0 atom stereocenters. The van der Waals surface area contributed by atoms with Gasteiger partial charge in [-0.2, -0.15) is 0 Å². The van der Waals surface area contributed by atoms with Crippen molar-refractivity contribution < 1.29 is 4.79 Å². The van der Waals surface area contributed by atoms with Gasteiger partial charge in [-0.3, -0.25) is 4.79 Å². The summed E-state index contributed by atoms with van der Waals surface area (Å²) in [6.07, 6.45) is 0.185. The molecule has 2 rings (SSSR count). The molecule has 0 fully saturated rings. The summed E-state index contributed by atoms with van der Waals surface area (Å²) < 4.78 is 0. The Labute approximate surface area is 128 Å². The van der Waals surface area contributed by atoms with Crippen molar-refractivity contribution in [2.24, 2.45) is 0 Å². The standard InChI is InChI=1S/C16H15Cl2NO/c1-11-5-7-12(8-6-11)10-19-16(20)9-13-14(17)3-2-4-15(13)18/h2-8H,9-10H2,1H3,(H,19,20). The third-order valence-electron chi connectivity index (χ3n) is 3.01. The number of hydrogen-bond acceptors (Lipinski definition) is 1. The van der Waals surface area contributed by atoms with Crippen molar-refractivity contribution in [2.45, 2.75) is 19.9 Å². The van der Waals surface area contributed by atoms with Crippen molar-refractivity contribution in [3.05, 3.63) is 69.2 Å². The molecule has 1 amide bonds. The molecule has 0 aromatic heterocycles. The molecule has 0 radical (unpaired) electrons. The Morgan fingerprint density at radius 3 is 2.25 bits per heavy atom. The SMILES string of the molecule is Cc1ccc(CNC(=O)Cc2c(Cl)cccc2Cl)cc1. The average Bonchev–Trinajstić information content (AvgIpc) is 2.42. The highest BCUT2D eigenvalue weighted by Crippen LogP contribution is 2.24. The predicted molar refractivity (Wildman–Crippen MR) is 83.2 cm³/mol. The number of nitrogens with one attached hydrogen (secondary N) is 1. The molecule has 2 nitrogen and oxygen atoms in total. The summed E-state index contributed by atoms with van der Waals surface area (Å²) in [6, 6.07) is 13.3. The van der Waals surface area contributed by atoms with Gasteiger partial charge < -0.3 is 5.32 Å². The van der Waals surface area contributed by atoms with Crippen LogP contribution in [0, 0.1) is 6.92 Å². The van der Waals surface area contributed by atoms with Crippen LogP contribution in [0.25, 0.3) is 0 Å². The van der Waals surface area contributed by atoms with Crippen molar-refractivity contribution in [3.8, 4) is 0 Å². The highest BCUT2D eigenvalue weighted by Gasteiger charge is 2.10. The van der Waals surface area contributed by atoms with Crippen LogP contribution >= 0.6 is 23.2 Å². The molecule has 0 unspecified atom stereocenters. The summed E-state index contributed by atoms with van der Waals surface area (Å²) in [7, 11) is 0. The van der Waals surface area contributed by atoms with Crippen molar-refractivity contribution in [2.75, 3.05) is 0 Å². The molecule has 1 N–H and O–H groups in total. The number of carbonyl (C=O) groups excluding carboxylic acids is 1. The fraction of sp³-hybridized carbons (Fsp3) is 0.188. The maximum Gasteiger partial charge on any atom is 0.224 e. The van der Waals surface area contributed by atoms with Gasteiger partial charge in [-0.05, 0) is 30.2 Å². The maximum atomic E-state index is 11.9. The molecule has 0 aliphatic heterocycles. The first-order chi connectivity index (χ1) is 9.56. The van der Waals surface area contributed by atoms with Gasteiger partial charge in [0.2, 0.25) is 5.91 Å². The van der Waals surface area contributed by atoms with Gasteiger partial charge in [0.1, 0.15) is 0 Å². The topological polar surface area (TPSA) is 29.1 Å². The molecule has 20 heavy (non-hydrogen) atoms. The number of carbonyl (C=O) groups is 1. The largest absolute Gasteiger partial charge is 0.352 e. The molecule has 0 spiro atoms. The Balaban J connectivity index is 1.94. The van der Waals surface area contributed by atoms with Gasteiger partial charge in [-0.25, -0.2) is 0 Å². The fourth-order valence-corrected chi connectivity index (χ4v) is 2.36. The Hall–Kier alpha value is -1.51. The molecule has 2 aromatic carbocycles. The van der Waals surface area contributed by atoms with E-state index in [1.54, 1.807) is 18.2 Å². The van der Waals surface area contributed by atoms with Crippen molar-refractivity contribution in [3.63, 3.8) is 0 Å². The van der Waals surface area contributed by atoms with Gasteiger partial charge in [0.05, 0.1) is 6.42 Å². The summed E-state index contributed by atoms with van der Waals surface area (Å²) in [5.41, 5.74) is 2.93. The fourth-order valence-electron chi connectivity index (χ4n) is 1.83. The minimum Gasteiger partial charge on any atom is -0.352 e. The number of benzene rings is 2. The zero-order chi connectivity index (χ0) is 14.5. The third-order valence-corrected chi connectivity index (χ3v) is 3.72. The molecule has 0 saturated carbocycles. The second-order valence-corrected chi connectivity index (χ2v) is 5.45. The van der Waals surface area contributed by atoms with Gasteiger partial charge in [-0.15, -0.1) is 0 Å². The smallest absolute Gasteiger partial charge is 0.224 e. The molecular formula is C16H15Cl2NO. The molecular weight excluding hydrogens is 293 g/mol. The maximum absolute atomic E-state index is 11.9. The highest BCUT2D eigenvalue weighted by atomic mass is 35.5. The van der Waals surface area contributed by atoms with Crippen molar-refractivity contribution in [1.29, 1.82) is 0 Å². The third kappa shape index (κ3) is 3.99. The Kier molecular flexibility index (Phi) is 5.05. The number of amides is 1. The van der Waals surface area contributed by atoms with Crippen molar-refractivity contribution in [1.82, 2.24) is 5.32 Å². The predicted octanol–water partition coefficient (Wildman–Crippen LogP) is 4.16. The lowest BCUT2D eigenvalue weighted by Gasteiger charge is -2.08.